The number of benzene rings is 2. The second-order valence-corrected chi connectivity index (χ2v) is 7.59. The second kappa shape index (κ2) is 9.24. The van der Waals surface area contributed by atoms with E-state index in [0.29, 0.717) is 16.6 Å². The van der Waals surface area contributed by atoms with Crippen LogP contribution in [0.1, 0.15) is 15.4 Å². The Kier molecular flexibility index (Phi) is 6.50. The fourth-order valence-corrected chi connectivity index (χ4v) is 3.63. The number of hydrogen-bond donors (Lipinski definition) is 2. The van der Waals surface area contributed by atoms with Gasteiger partial charge in [0.2, 0.25) is 10.9 Å². The summed E-state index contributed by atoms with van der Waals surface area (Å²) in [5.74, 6) is -0.759. The minimum Gasteiger partial charge on any atom is -0.351 e. The van der Waals surface area contributed by atoms with E-state index in [9.17, 15) is 14.0 Å². The first-order valence-electron chi connectivity index (χ1n) is 7.94. The molecule has 2 aromatic carbocycles. The van der Waals surface area contributed by atoms with Crippen LogP contribution in [0.4, 0.5) is 10.1 Å². The Bertz CT molecular complexity index is 917. The molecule has 1 aromatic heterocycles. The normalized spacial score (nSPS) is 10.4. The Morgan fingerprint density at radius 3 is 2.52 bits per heavy atom. The summed E-state index contributed by atoms with van der Waals surface area (Å²) in [5.41, 5.74) is 1.48. The molecule has 0 atom stereocenters. The van der Waals surface area contributed by atoms with Crippen LogP contribution >= 0.6 is 23.1 Å². The van der Waals surface area contributed by atoms with Gasteiger partial charge in [0, 0.05) is 12.2 Å². The molecular formula is C18H15FN4O2S2. The standard InChI is InChI=1S/C18H15FN4O2S2/c19-13-6-8-14(9-7-13)21-16(25)17-22-23-18(27-17)26-11-15(24)20-10-12-4-2-1-3-5-12/h1-9H,10-11H2,(H,20,24)(H,21,25). The number of aromatic nitrogens is 2. The van der Waals surface area contributed by atoms with Gasteiger partial charge < -0.3 is 10.6 Å². The van der Waals surface area contributed by atoms with Gasteiger partial charge >= 0.3 is 0 Å². The third-order valence-corrected chi connectivity index (χ3v) is 5.42. The van der Waals surface area contributed by atoms with Crippen LogP contribution in [0.2, 0.25) is 0 Å². The van der Waals surface area contributed by atoms with Crippen LogP contribution < -0.4 is 10.6 Å². The molecule has 2 amide bonds. The van der Waals surface area contributed by atoms with Gasteiger partial charge in [-0.3, -0.25) is 9.59 Å². The van der Waals surface area contributed by atoms with Crippen molar-refractivity contribution in [1.82, 2.24) is 15.5 Å². The maximum absolute atomic E-state index is 12.9. The minimum absolute atomic E-state index is 0.128. The molecule has 3 aromatic rings. The van der Waals surface area contributed by atoms with E-state index in [4.69, 9.17) is 0 Å². The van der Waals surface area contributed by atoms with Gasteiger partial charge in [-0.1, -0.05) is 53.4 Å². The van der Waals surface area contributed by atoms with Crippen LogP contribution in [0, 0.1) is 5.82 Å². The summed E-state index contributed by atoms with van der Waals surface area (Å²) < 4.78 is 13.4. The van der Waals surface area contributed by atoms with E-state index >= 15 is 0 Å². The molecule has 0 spiro atoms. The van der Waals surface area contributed by atoms with Gasteiger partial charge in [0.1, 0.15) is 5.82 Å². The van der Waals surface area contributed by atoms with Crippen LogP contribution in [0.5, 0.6) is 0 Å². The van der Waals surface area contributed by atoms with Gasteiger partial charge in [0.05, 0.1) is 5.75 Å². The average Bonchev–Trinajstić information content (AvgIpc) is 3.16. The average molecular weight is 402 g/mol. The van der Waals surface area contributed by atoms with Crippen LogP contribution in [-0.4, -0.2) is 27.8 Å². The highest BCUT2D eigenvalue weighted by atomic mass is 32.2. The van der Waals surface area contributed by atoms with Crippen molar-refractivity contribution in [1.29, 1.82) is 0 Å². The number of amides is 2. The Morgan fingerprint density at radius 2 is 1.78 bits per heavy atom. The summed E-state index contributed by atoms with van der Waals surface area (Å²) in [4.78, 5) is 24.0. The zero-order valence-electron chi connectivity index (χ0n) is 14.0. The monoisotopic (exact) mass is 402 g/mol. The number of nitrogens with one attached hydrogen (secondary N) is 2. The van der Waals surface area contributed by atoms with Crippen molar-refractivity contribution in [2.75, 3.05) is 11.1 Å². The summed E-state index contributed by atoms with van der Waals surface area (Å²) in [6.07, 6.45) is 0. The molecule has 2 N–H and O–H groups in total. The summed E-state index contributed by atoms with van der Waals surface area (Å²) in [6.45, 7) is 0.460. The number of anilines is 1. The van der Waals surface area contributed by atoms with Gasteiger partial charge in [-0.15, -0.1) is 10.2 Å². The molecule has 0 bridgehead atoms. The first kappa shape index (κ1) is 19.0. The smallest absolute Gasteiger partial charge is 0.286 e. The van der Waals surface area contributed by atoms with E-state index < -0.39 is 5.91 Å². The highest BCUT2D eigenvalue weighted by Gasteiger charge is 2.14. The van der Waals surface area contributed by atoms with Crippen molar-refractivity contribution in [2.45, 2.75) is 10.9 Å². The number of thioether (sulfide) groups is 1. The molecule has 9 heteroatoms. The fourth-order valence-electron chi connectivity index (χ4n) is 2.05. The molecule has 27 heavy (non-hydrogen) atoms. The van der Waals surface area contributed by atoms with Crippen molar-refractivity contribution in [3.8, 4) is 0 Å². The molecule has 6 nitrogen and oxygen atoms in total. The van der Waals surface area contributed by atoms with E-state index in [1.807, 2.05) is 30.3 Å². The number of nitrogens with zero attached hydrogens (tertiary/aromatic N) is 2. The second-order valence-electron chi connectivity index (χ2n) is 5.39. The van der Waals surface area contributed by atoms with Crippen LogP contribution in [0.25, 0.3) is 0 Å². The lowest BCUT2D eigenvalue weighted by Gasteiger charge is -2.03. The van der Waals surface area contributed by atoms with Gasteiger partial charge in [0.25, 0.3) is 5.91 Å². The SMILES string of the molecule is O=C(CSc1nnc(C(=O)Nc2ccc(F)cc2)s1)NCc1ccccc1. The molecule has 0 fully saturated rings. The minimum atomic E-state index is -0.431. The van der Waals surface area contributed by atoms with Crippen molar-refractivity contribution < 1.29 is 14.0 Å². The number of halogens is 1. The number of carbonyl (C=O) groups is 2. The first-order valence-corrected chi connectivity index (χ1v) is 9.74. The molecule has 0 unspecified atom stereocenters. The molecule has 0 saturated carbocycles. The van der Waals surface area contributed by atoms with Crippen LogP contribution in [0.15, 0.2) is 58.9 Å². The molecule has 0 aliphatic rings. The lowest BCUT2D eigenvalue weighted by atomic mass is 10.2. The Balaban J connectivity index is 1.46. The maximum Gasteiger partial charge on any atom is 0.286 e. The topological polar surface area (TPSA) is 84.0 Å². The van der Waals surface area contributed by atoms with Crippen molar-refractivity contribution in [2.24, 2.45) is 0 Å². The Labute approximate surface area is 163 Å². The van der Waals surface area contributed by atoms with Gasteiger partial charge in [-0.25, -0.2) is 4.39 Å². The zero-order valence-corrected chi connectivity index (χ0v) is 15.6. The lowest BCUT2D eigenvalue weighted by molar-refractivity contribution is -0.118. The van der Waals surface area contributed by atoms with Crippen LogP contribution in [-0.2, 0) is 11.3 Å². The molecule has 0 aliphatic heterocycles. The highest BCUT2D eigenvalue weighted by Crippen LogP contribution is 2.23. The Morgan fingerprint density at radius 1 is 1.04 bits per heavy atom. The number of hydrogen-bond acceptors (Lipinski definition) is 6. The quantitative estimate of drug-likeness (QED) is 0.592. The molecule has 1 heterocycles. The maximum atomic E-state index is 12.9. The van der Waals surface area contributed by atoms with Crippen molar-refractivity contribution >= 4 is 40.6 Å². The molecule has 0 radical (unpaired) electrons. The summed E-state index contributed by atoms with van der Waals surface area (Å²) >= 11 is 2.31. The van der Waals surface area contributed by atoms with Crippen LogP contribution in [0.3, 0.4) is 0 Å². The summed E-state index contributed by atoms with van der Waals surface area (Å²) in [7, 11) is 0. The predicted octanol–water partition coefficient (Wildman–Crippen LogP) is 3.34. The van der Waals surface area contributed by atoms with Gasteiger partial charge in [-0.05, 0) is 29.8 Å². The highest BCUT2D eigenvalue weighted by molar-refractivity contribution is 8.01. The van der Waals surface area contributed by atoms with E-state index in [1.165, 1.54) is 36.0 Å². The zero-order chi connectivity index (χ0) is 19.1. The molecule has 3 rings (SSSR count). The fraction of sp³-hybridized carbons (Fsp3) is 0.111. The Hall–Kier alpha value is -2.78. The molecule has 0 aliphatic carbocycles. The largest absolute Gasteiger partial charge is 0.351 e. The van der Waals surface area contributed by atoms with Crippen molar-refractivity contribution in [3.05, 3.63) is 71.0 Å². The molecule has 0 saturated heterocycles. The van der Waals surface area contributed by atoms with E-state index in [2.05, 4.69) is 20.8 Å². The molecule has 138 valence electrons. The summed E-state index contributed by atoms with van der Waals surface area (Å²) in [6, 6.07) is 15.0. The molecular weight excluding hydrogens is 387 g/mol. The number of carbonyl (C=O) groups excluding carboxylic acids is 2. The number of rotatable bonds is 7. The van der Waals surface area contributed by atoms with E-state index in [0.717, 1.165) is 16.9 Å². The predicted molar refractivity (Wildman–Crippen MR) is 103 cm³/mol. The van der Waals surface area contributed by atoms with Gasteiger partial charge in [0.15, 0.2) is 4.34 Å². The lowest BCUT2D eigenvalue weighted by Crippen LogP contribution is -2.24. The van der Waals surface area contributed by atoms with Gasteiger partial charge in [-0.2, -0.15) is 0 Å². The van der Waals surface area contributed by atoms with E-state index in [-0.39, 0.29) is 22.5 Å². The summed E-state index contributed by atoms with van der Waals surface area (Å²) in [5, 5.41) is 13.4. The third kappa shape index (κ3) is 5.87. The first-order chi connectivity index (χ1) is 13.1. The van der Waals surface area contributed by atoms with Crippen molar-refractivity contribution in [3.63, 3.8) is 0 Å². The van der Waals surface area contributed by atoms with E-state index in [1.54, 1.807) is 0 Å². The third-order valence-electron chi connectivity index (χ3n) is 3.36.